The van der Waals surface area contributed by atoms with Gasteiger partial charge in [-0.25, -0.2) is 9.36 Å². The van der Waals surface area contributed by atoms with Crippen LogP contribution in [0.5, 0.6) is 5.75 Å². The van der Waals surface area contributed by atoms with Gasteiger partial charge in [-0.15, -0.1) is 10.8 Å². The van der Waals surface area contributed by atoms with Crippen molar-refractivity contribution >= 4 is 33.5 Å². The smallest absolute Gasteiger partial charge is 0.419 e. The summed E-state index contributed by atoms with van der Waals surface area (Å²) in [4.78, 5) is 13.1. The van der Waals surface area contributed by atoms with Gasteiger partial charge < -0.3 is 9.47 Å². The highest BCUT2D eigenvalue weighted by Crippen LogP contribution is 2.51. The fourth-order valence-corrected chi connectivity index (χ4v) is 5.40. The molecule has 0 unspecified atom stereocenters. The van der Waals surface area contributed by atoms with Crippen LogP contribution >= 0.6 is 10.8 Å². The van der Waals surface area contributed by atoms with Gasteiger partial charge in [-0.2, -0.15) is 0 Å². The Morgan fingerprint density at radius 3 is 2.35 bits per heavy atom. The van der Waals surface area contributed by atoms with Crippen molar-refractivity contribution in [3.8, 4) is 17.0 Å². The number of carbonyl (C=O) groups excluding carboxylic acids is 1. The SMILES string of the molecule is COc1ccc2cc(-c3ccc(N4CCCS4(O)O)cc3)n(C(=O)OC(C)(C)C)c2c1. The molecule has 7 nitrogen and oxygen atoms in total. The van der Waals surface area contributed by atoms with Crippen molar-refractivity contribution in [1.82, 2.24) is 4.57 Å². The zero-order chi connectivity index (χ0) is 22.4. The molecule has 1 fully saturated rings. The van der Waals surface area contributed by atoms with Crippen LogP contribution in [0.15, 0.2) is 48.5 Å². The summed E-state index contributed by atoms with van der Waals surface area (Å²) in [6.07, 6.45) is 0.280. The van der Waals surface area contributed by atoms with Crippen LogP contribution in [-0.4, -0.2) is 44.8 Å². The fourth-order valence-electron chi connectivity index (χ4n) is 3.78. The Balaban J connectivity index is 1.79. The van der Waals surface area contributed by atoms with Crippen LogP contribution in [0, 0.1) is 0 Å². The van der Waals surface area contributed by atoms with Crippen LogP contribution in [-0.2, 0) is 4.74 Å². The van der Waals surface area contributed by atoms with Crippen molar-refractivity contribution in [2.24, 2.45) is 0 Å². The quantitative estimate of drug-likeness (QED) is 0.517. The van der Waals surface area contributed by atoms with Crippen molar-refractivity contribution in [1.29, 1.82) is 0 Å². The maximum atomic E-state index is 13.1. The Morgan fingerprint density at radius 2 is 1.77 bits per heavy atom. The number of methoxy groups -OCH3 is 1. The number of fused-ring (bicyclic) bond motifs is 1. The highest BCUT2D eigenvalue weighted by Gasteiger charge is 2.29. The third kappa shape index (κ3) is 4.23. The van der Waals surface area contributed by atoms with E-state index in [0.717, 1.165) is 23.1 Å². The van der Waals surface area contributed by atoms with Gasteiger partial charge in [0.2, 0.25) is 0 Å². The minimum absolute atomic E-state index is 0.392. The molecule has 166 valence electrons. The van der Waals surface area contributed by atoms with Gasteiger partial charge in [0, 0.05) is 18.0 Å². The van der Waals surface area contributed by atoms with Crippen LogP contribution in [0.1, 0.15) is 27.2 Å². The molecule has 31 heavy (non-hydrogen) atoms. The maximum absolute atomic E-state index is 13.1. The number of ether oxygens (including phenoxy) is 2. The van der Waals surface area contributed by atoms with E-state index in [2.05, 4.69) is 0 Å². The molecule has 0 amide bonds. The topological polar surface area (TPSA) is 84.2 Å². The molecule has 0 spiro atoms. The van der Waals surface area contributed by atoms with Crippen molar-refractivity contribution < 1.29 is 23.4 Å². The first-order valence-corrected chi connectivity index (χ1v) is 11.8. The van der Waals surface area contributed by atoms with Crippen LogP contribution in [0.2, 0.25) is 0 Å². The van der Waals surface area contributed by atoms with Crippen LogP contribution in [0.3, 0.4) is 0 Å². The van der Waals surface area contributed by atoms with E-state index >= 15 is 0 Å². The largest absolute Gasteiger partial charge is 0.497 e. The number of carbonyl (C=O) groups is 1. The molecule has 1 aliphatic heterocycles. The van der Waals surface area contributed by atoms with Crippen LogP contribution < -0.4 is 9.04 Å². The van der Waals surface area contributed by atoms with E-state index in [1.807, 2.05) is 69.3 Å². The van der Waals surface area contributed by atoms with Gasteiger partial charge in [-0.05, 0) is 63.1 Å². The van der Waals surface area contributed by atoms with E-state index in [0.29, 0.717) is 29.3 Å². The second-order valence-corrected chi connectivity index (χ2v) is 10.7. The fraction of sp³-hybridized carbons (Fsp3) is 0.348. The average Bonchev–Trinajstić information content (AvgIpc) is 3.25. The molecule has 2 heterocycles. The number of hydrogen-bond donors (Lipinski definition) is 2. The Hall–Kier alpha value is -2.68. The predicted molar refractivity (Wildman–Crippen MR) is 125 cm³/mol. The summed E-state index contributed by atoms with van der Waals surface area (Å²) < 4.78 is 34.7. The molecule has 2 aromatic carbocycles. The first-order valence-electron chi connectivity index (χ1n) is 10.2. The van der Waals surface area contributed by atoms with E-state index in [4.69, 9.17) is 9.47 Å². The molecule has 0 radical (unpaired) electrons. The lowest BCUT2D eigenvalue weighted by Gasteiger charge is -2.38. The number of nitrogens with zero attached hydrogens (tertiary/aromatic N) is 2. The molecular formula is C23H28N2O5S. The van der Waals surface area contributed by atoms with Gasteiger partial charge >= 0.3 is 6.09 Å². The zero-order valence-corrected chi connectivity index (χ0v) is 19.0. The minimum atomic E-state index is -2.75. The lowest BCUT2D eigenvalue weighted by molar-refractivity contribution is 0.0547. The average molecular weight is 445 g/mol. The van der Waals surface area contributed by atoms with E-state index in [9.17, 15) is 13.9 Å². The monoisotopic (exact) mass is 444 g/mol. The van der Waals surface area contributed by atoms with Crippen molar-refractivity contribution in [2.45, 2.75) is 32.8 Å². The summed E-state index contributed by atoms with van der Waals surface area (Å²) in [5.74, 6) is 1.04. The Labute approximate surface area is 183 Å². The second kappa shape index (κ2) is 7.78. The molecule has 0 saturated carbocycles. The van der Waals surface area contributed by atoms with Gasteiger partial charge in [0.1, 0.15) is 11.4 Å². The van der Waals surface area contributed by atoms with E-state index in [1.54, 1.807) is 16.0 Å². The number of aromatic nitrogens is 1. The third-order valence-corrected chi connectivity index (χ3v) is 7.11. The van der Waals surface area contributed by atoms with Crippen LogP contribution in [0.4, 0.5) is 10.5 Å². The summed E-state index contributed by atoms with van der Waals surface area (Å²) in [7, 11) is -1.16. The lowest BCUT2D eigenvalue weighted by atomic mass is 10.1. The maximum Gasteiger partial charge on any atom is 0.419 e. The Morgan fingerprint density at radius 1 is 1.06 bits per heavy atom. The summed E-state index contributed by atoms with van der Waals surface area (Å²) in [6.45, 7) is 6.11. The van der Waals surface area contributed by atoms with Crippen molar-refractivity contribution in [3.63, 3.8) is 0 Å². The van der Waals surface area contributed by atoms with E-state index in [-0.39, 0.29) is 0 Å². The standard InChI is InChI=1S/C23H28N2O5S/c1-23(2,3)30-22(26)25-20(14-17-8-11-19(29-4)15-21(17)25)16-6-9-18(10-7-16)24-12-5-13-31(24,27)28/h6-11,14-15,27-28H,5,12-13H2,1-4H3. The van der Waals surface area contributed by atoms with Crippen molar-refractivity contribution in [3.05, 3.63) is 48.5 Å². The van der Waals surface area contributed by atoms with Crippen molar-refractivity contribution in [2.75, 3.05) is 23.7 Å². The van der Waals surface area contributed by atoms with Gasteiger partial charge in [0.15, 0.2) is 0 Å². The third-order valence-electron chi connectivity index (χ3n) is 5.17. The normalized spacial score (nSPS) is 17.0. The molecule has 0 atom stereocenters. The number of anilines is 1. The molecule has 4 rings (SSSR count). The van der Waals surface area contributed by atoms with Gasteiger partial charge in [-0.1, -0.05) is 12.1 Å². The minimum Gasteiger partial charge on any atom is -0.497 e. The molecule has 0 bridgehead atoms. The molecule has 3 aromatic rings. The zero-order valence-electron chi connectivity index (χ0n) is 18.2. The highest BCUT2D eigenvalue weighted by atomic mass is 32.3. The number of benzene rings is 2. The second-order valence-electron chi connectivity index (χ2n) is 8.61. The number of rotatable bonds is 3. The molecule has 1 aliphatic rings. The first kappa shape index (κ1) is 21.5. The Kier molecular flexibility index (Phi) is 5.41. The molecule has 1 saturated heterocycles. The van der Waals surface area contributed by atoms with Gasteiger partial charge in [-0.3, -0.25) is 13.4 Å². The predicted octanol–water partition coefficient (Wildman–Crippen LogP) is 5.98. The summed E-state index contributed by atoms with van der Waals surface area (Å²) >= 11 is 0. The van der Waals surface area contributed by atoms with E-state index < -0.39 is 22.5 Å². The molecule has 2 N–H and O–H groups in total. The molecular weight excluding hydrogens is 416 g/mol. The molecule has 0 aliphatic carbocycles. The lowest BCUT2D eigenvalue weighted by Crippen LogP contribution is -2.27. The Bertz CT molecular complexity index is 1120. The van der Waals surface area contributed by atoms with Gasteiger partial charge in [0.05, 0.1) is 29.8 Å². The summed E-state index contributed by atoms with van der Waals surface area (Å²) in [5, 5.41) is 0.888. The van der Waals surface area contributed by atoms with Crippen LogP contribution in [0.25, 0.3) is 22.2 Å². The van der Waals surface area contributed by atoms with E-state index in [1.165, 1.54) is 0 Å². The summed E-state index contributed by atoms with van der Waals surface area (Å²) in [5.41, 5.74) is 2.32. The number of hydrogen-bond acceptors (Lipinski definition) is 6. The molecule has 8 heteroatoms. The van der Waals surface area contributed by atoms with Gasteiger partial charge in [0.25, 0.3) is 0 Å². The summed E-state index contributed by atoms with van der Waals surface area (Å²) in [6, 6.07) is 15.0. The first-order chi connectivity index (χ1) is 14.6. The highest BCUT2D eigenvalue weighted by molar-refractivity contribution is 8.25. The molecule has 1 aromatic heterocycles.